The van der Waals surface area contributed by atoms with Crippen LogP contribution in [0.5, 0.6) is 5.75 Å². The molecule has 0 saturated heterocycles. The number of hydrogen-bond donors (Lipinski definition) is 0. The molecule has 1 aromatic heterocycles. The van der Waals surface area contributed by atoms with Gasteiger partial charge in [-0.05, 0) is 38.1 Å². The molecule has 5 heteroatoms. The van der Waals surface area contributed by atoms with E-state index >= 15 is 0 Å². The summed E-state index contributed by atoms with van der Waals surface area (Å²) in [4.78, 5) is 6.36. The van der Waals surface area contributed by atoms with E-state index in [9.17, 15) is 0 Å². The minimum atomic E-state index is 0.662. The van der Waals surface area contributed by atoms with Crippen molar-refractivity contribution >= 4 is 0 Å². The predicted molar refractivity (Wildman–Crippen MR) is 72.1 cm³/mol. The van der Waals surface area contributed by atoms with Crippen LogP contribution in [0, 0.1) is 6.92 Å². The first kappa shape index (κ1) is 13.5. The van der Waals surface area contributed by atoms with Crippen LogP contribution in [-0.2, 0) is 13.0 Å². The monoisotopic (exact) mass is 261 g/mol. The fourth-order valence-electron chi connectivity index (χ4n) is 1.83. The van der Waals surface area contributed by atoms with Crippen molar-refractivity contribution < 1.29 is 9.26 Å². The number of ether oxygens (including phenoxy) is 1. The number of likely N-dealkylation sites (N-methyl/N-ethyl adjacent to an activating group) is 1. The molecule has 1 heterocycles. The van der Waals surface area contributed by atoms with Gasteiger partial charge in [0, 0.05) is 6.54 Å². The van der Waals surface area contributed by atoms with Crippen LogP contribution in [0.15, 0.2) is 28.8 Å². The zero-order valence-electron chi connectivity index (χ0n) is 11.6. The maximum Gasteiger partial charge on any atom is 0.240 e. The molecule has 5 nitrogen and oxygen atoms in total. The van der Waals surface area contributed by atoms with Gasteiger partial charge in [0.25, 0.3) is 0 Å². The molecule has 102 valence electrons. The van der Waals surface area contributed by atoms with E-state index in [0.717, 1.165) is 18.7 Å². The second kappa shape index (κ2) is 6.33. The molecular formula is C14H19N3O2. The van der Waals surface area contributed by atoms with Crippen LogP contribution in [0.3, 0.4) is 0 Å². The summed E-state index contributed by atoms with van der Waals surface area (Å²) in [5, 5.41) is 3.78. The van der Waals surface area contributed by atoms with Crippen molar-refractivity contribution in [2.45, 2.75) is 19.9 Å². The first-order valence-corrected chi connectivity index (χ1v) is 6.28. The molecule has 2 aromatic rings. The summed E-state index contributed by atoms with van der Waals surface area (Å²) in [7, 11) is 3.72. The normalized spacial score (nSPS) is 10.9. The minimum Gasteiger partial charge on any atom is -0.497 e. The van der Waals surface area contributed by atoms with E-state index in [1.54, 1.807) is 7.11 Å². The average molecular weight is 261 g/mol. The number of aryl methyl sites for hydroxylation is 1. The molecular weight excluding hydrogens is 242 g/mol. The van der Waals surface area contributed by atoms with Crippen molar-refractivity contribution in [3.05, 3.63) is 41.5 Å². The molecule has 0 radical (unpaired) electrons. The molecule has 1 aromatic carbocycles. The fraction of sp³-hybridized carbons (Fsp3) is 0.429. The van der Waals surface area contributed by atoms with Crippen LogP contribution in [0.2, 0.25) is 0 Å². The number of rotatable bonds is 6. The molecule has 19 heavy (non-hydrogen) atoms. The van der Waals surface area contributed by atoms with Crippen molar-refractivity contribution in [3.8, 4) is 5.75 Å². The Morgan fingerprint density at radius 3 is 2.58 bits per heavy atom. The quantitative estimate of drug-likeness (QED) is 0.796. The van der Waals surface area contributed by atoms with Crippen molar-refractivity contribution in [3.63, 3.8) is 0 Å². The highest BCUT2D eigenvalue weighted by Crippen LogP contribution is 2.12. The third-order valence-electron chi connectivity index (χ3n) is 2.92. The molecule has 0 spiro atoms. The molecule has 0 bridgehead atoms. The zero-order chi connectivity index (χ0) is 13.7. The van der Waals surface area contributed by atoms with E-state index in [4.69, 9.17) is 9.26 Å². The minimum absolute atomic E-state index is 0.662. The Kier molecular flexibility index (Phi) is 4.52. The Morgan fingerprint density at radius 1 is 1.26 bits per heavy atom. The first-order chi connectivity index (χ1) is 9.17. The van der Waals surface area contributed by atoms with Gasteiger partial charge in [0.05, 0.1) is 13.7 Å². The van der Waals surface area contributed by atoms with Gasteiger partial charge in [0.1, 0.15) is 5.75 Å². The summed E-state index contributed by atoms with van der Waals surface area (Å²) in [5.74, 6) is 2.23. The van der Waals surface area contributed by atoms with E-state index in [1.165, 1.54) is 5.56 Å². The number of aromatic nitrogens is 2. The van der Waals surface area contributed by atoms with Gasteiger partial charge < -0.3 is 9.26 Å². The lowest BCUT2D eigenvalue weighted by Crippen LogP contribution is -2.20. The van der Waals surface area contributed by atoms with E-state index in [0.29, 0.717) is 18.3 Å². The molecule has 0 unspecified atom stereocenters. The molecule has 0 aliphatic rings. The van der Waals surface area contributed by atoms with Gasteiger partial charge in [-0.2, -0.15) is 4.98 Å². The molecule has 0 aliphatic heterocycles. The standard InChI is InChI=1S/C14H19N3O2/c1-11-15-14(19-16-11)10-17(2)9-8-12-4-6-13(18-3)7-5-12/h4-7H,8-10H2,1-3H3. The lowest BCUT2D eigenvalue weighted by Gasteiger charge is -2.14. The van der Waals surface area contributed by atoms with Crippen LogP contribution < -0.4 is 4.74 Å². The van der Waals surface area contributed by atoms with Crippen molar-refractivity contribution in [2.75, 3.05) is 20.7 Å². The Hall–Kier alpha value is -1.88. The van der Waals surface area contributed by atoms with Crippen LogP contribution >= 0.6 is 0 Å². The number of methoxy groups -OCH3 is 1. The Morgan fingerprint density at radius 2 is 2.00 bits per heavy atom. The van der Waals surface area contributed by atoms with Crippen LogP contribution in [0.1, 0.15) is 17.3 Å². The molecule has 2 rings (SSSR count). The summed E-state index contributed by atoms with van der Waals surface area (Å²) in [6.07, 6.45) is 0.980. The molecule has 0 N–H and O–H groups in total. The number of hydrogen-bond acceptors (Lipinski definition) is 5. The molecule has 0 atom stereocenters. The van der Waals surface area contributed by atoms with E-state index in [1.807, 2.05) is 26.1 Å². The van der Waals surface area contributed by atoms with Gasteiger partial charge in [0.2, 0.25) is 5.89 Å². The topological polar surface area (TPSA) is 51.4 Å². The van der Waals surface area contributed by atoms with E-state index in [2.05, 4.69) is 27.2 Å². The Balaban J connectivity index is 1.80. The van der Waals surface area contributed by atoms with E-state index in [-0.39, 0.29) is 0 Å². The largest absolute Gasteiger partial charge is 0.497 e. The fourth-order valence-corrected chi connectivity index (χ4v) is 1.83. The highest BCUT2D eigenvalue weighted by atomic mass is 16.5. The van der Waals surface area contributed by atoms with Crippen molar-refractivity contribution in [1.29, 1.82) is 0 Å². The van der Waals surface area contributed by atoms with Gasteiger partial charge >= 0.3 is 0 Å². The van der Waals surface area contributed by atoms with Crippen LogP contribution in [0.4, 0.5) is 0 Å². The highest BCUT2D eigenvalue weighted by molar-refractivity contribution is 5.27. The summed E-state index contributed by atoms with van der Waals surface area (Å²) in [5.41, 5.74) is 1.29. The average Bonchev–Trinajstić information content (AvgIpc) is 2.82. The Labute approximate surface area is 113 Å². The van der Waals surface area contributed by atoms with Crippen molar-refractivity contribution in [2.24, 2.45) is 0 Å². The molecule has 0 amide bonds. The third kappa shape index (κ3) is 4.06. The SMILES string of the molecule is COc1ccc(CCN(C)Cc2nc(C)no2)cc1. The highest BCUT2D eigenvalue weighted by Gasteiger charge is 2.07. The molecule has 0 aliphatic carbocycles. The van der Waals surface area contributed by atoms with Gasteiger partial charge in [-0.25, -0.2) is 0 Å². The summed E-state index contributed by atoms with van der Waals surface area (Å²) < 4.78 is 10.2. The maximum absolute atomic E-state index is 5.14. The lowest BCUT2D eigenvalue weighted by molar-refractivity contribution is 0.268. The Bertz CT molecular complexity index is 508. The second-order valence-corrected chi connectivity index (χ2v) is 4.57. The van der Waals surface area contributed by atoms with Gasteiger partial charge in [-0.1, -0.05) is 17.3 Å². The predicted octanol–water partition coefficient (Wildman–Crippen LogP) is 2.06. The van der Waals surface area contributed by atoms with E-state index < -0.39 is 0 Å². The zero-order valence-corrected chi connectivity index (χ0v) is 11.6. The number of benzene rings is 1. The summed E-state index contributed by atoms with van der Waals surface area (Å²) in [6.45, 7) is 3.44. The summed E-state index contributed by atoms with van der Waals surface area (Å²) >= 11 is 0. The third-order valence-corrected chi connectivity index (χ3v) is 2.92. The smallest absolute Gasteiger partial charge is 0.240 e. The van der Waals surface area contributed by atoms with Crippen LogP contribution in [0.25, 0.3) is 0 Å². The second-order valence-electron chi connectivity index (χ2n) is 4.57. The molecule has 0 fully saturated rings. The lowest BCUT2D eigenvalue weighted by atomic mass is 10.1. The van der Waals surface area contributed by atoms with Crippen LogP contribution in [-0.4, -0.2) is 35.7 Å². The first-order valence-electron chi connectivity index (χ1n) is 6.28. The summed E-state index contributed by atoms with van der Waals surface area (Å²) in [6, 6.07) is 8.14. The van der Waals surface area contributed by atoms with Gasteiger partial charge in [-0.15, -0.1) is 0 Å². The van der Waals surface area contributed by atoms with Gasteiger partial charge in [-0.3, -0.25) is 4.90 Å². The maximum atomic E-state index is 5.14. The van der Waals surface area contributed by atoms with Crippen molar-refractivity contribution in [1.82, 2.24) is 15.0 Å². The molecule has 0 saturated carbocycles. The van der Waals surface area contributed by atoms with Gasteiger partial charge in [0.15, 0.2) is 5.82 Å². The number of nitrogens with zero attached hydrogens (tertiary/aromatic N) is 3.